The van der Waals surface area contributed by atoms with Crippen molar-refractivity contribution in [2.24, 2.45) is 0 Å². The zero-order chi connectivity index (χ0) is 10.1. The van der Waals surface area contributed by atoms with Gasteiger partial charge in [-0.3, -0.25) is 0 Å². The molecule has 1 aromatic carbocycles. The van der Waals surface area contributed by atoms with Gasteiger partial charge in [-0.15, -0.1) is 0 Å². The lowest BCUT2D eigenvalue weighted by Crippen LogP contribution is -2.10. The number of rotatable bonds is 1. The monoisotopic (exact) mass is 192 g/mol. The van der Waals surface area contributed by atoms with E-state index >= 15 is 0 Å². The average molecular weight is 192 g/mol. The Hall–Kier alpha value is -1.35. The lowest BCUT2D eigenvalue weighted by molar-refractivity contribution is 0.0696. The summed E-state index contributed by atoms with van der Waals surface area (Å²) in [7, 11) is 0. The summed E-state index contributed by atoms with van der Waals surface area (Å²) in [6, 6.07) is 4.99. The number of aryl methyl sites for hydroxylation is 1. The second kappa shape index (κ2) is 3.42. The molecule has 0 amide bonds. The van der Waals surface area contributed by atoms with Crippen LogP contribution in [0.15, 0.2) is 18.2 Å². The summed E-state index contributed by atoms with van der Waals surface area (Å²) < 4.78 is 0. The van der Waals surface area contributed by atoms with Gasteiger partial charge in [-0.1, -0.05) is 6.07 Å². The van der Waals surface area contributed by atoms with Gasteiger partial charge in [0.25, 0.3) is 0 Å². The molecule has 14 heavy (non-hydrogen) atoms. The van der Waals surface area contributed by atoms with E-state index in [-0.39, 0.29) is 5.56 Å². The molecule has 0 aromatic heterocycles. The van der Waals surface area contributed by atoms with Gasteiger partial charge in [0, 0.05) is 0 Å². The molecule has 0 bridgehead atoms. The van der Waals surface area contributed by atoms with Crippen LogP contribution in [0.4, 0.5) is 0 Å². The van der Waals surface area contributed by atoms with E-state index in [9.17, 15) is 9.90 Å². The van der Waals surface area contributed by atoms with Crippen molar-refractivity contribution >= 4 is 5.97 Å². The third-order valence-electron chi connectivity index (χ3n) is 2.68. The van der Waals surface area contributed by atoms with Crippen LogP contribution in [0.2, 0.25) is 0 Å². The molecule has 0 spiro atoms. The summed E-state index contributed by atoms with van der Waals surface area (Å²) in [5.74, 6) is -0.939. The fourth-order valence-corrected chi connectivity index (χ4v) is 1.91. The van der Waals surface area contributed by atoms with Gasteiger partial charge >= 0.3 is 5.97 Å². The Bertz CT molecular complexity index is 371. The maximum Gasteiger partial charge on any atom is 0.335 e. The fraction of sp³-hybridized carbons (Fsp3) is 0.364. The van der Waals surface area contributed by atoms with Gasteiger partial charge in [0.05, 0.1) is 11.7 Å². The SMILES string of the molecule is O=C(O)c1ccc2c(c1)[C@@H](O)CCC2. The molecule has 1 atom stereocenters. The zero-order valence-corrected chi connectivity index (χ0v) is 7.73. The highest BCUT2D eigenvalue weighted by Crippen LogP contribution is 2.30. The van der Waals surface area contributed by atoms with Crippen LogP contribution in [0.1, 0.15) is 40.4 Å². The van der Waals surface area contributed by atoms with Crippen molar-refractivity contribution in [3.05, 3.63) is 34.9 Å². The molecule has 1 aliphatic rings. The molecule has 2 N–H and O–H groups in total. The molecule has 0 unspecified atom stereocenters. The first-order chi connectivity index (χ1) is 6.68. The largest absolute Gasteiger partial charge is 0.478 e. The van der Waals surface area contributed by atoms with Gasteiger partial charge in [-0.25, -0.2) is 4.79 Å². The smallest absolute Gasteiger partial charge is 0.335 e. The summed E-state index contributed by atoms with van der Waals surface area (Å²) >= 11 is 0. The van der Waals surface area contributed by atoms with Crippen molar-refractivity contribution in [1.82, 2.24) is 0 Å². The second-order valence-electron chi connectivity index (χ2n) is 3.63. The minimum Gasteiger partial charge on any atom is -0.478 e. The first-order valence-electron chi connectivity index (χ1n) is 4.72. The van der Waals surface area contributed by atoms with Crippen LogP contribution in [-0.2, 0) is 6.42 Å². The van der Waals surface area contributed by atoms with Crippen molar-refractivity contribution in [3.8, 4) is 0 Å². The standard InChI is InChI=1S/C11H12O3/c12-10-3-1-2-7-4-5-8(11(13)14)6-9(7)10/h4-6,10,12H,1-3H2,(H,13,14)/t10-/m0/s1. The Morgan fingerprint density at radius 2 is 2.21 bits per heavy atom. The number of hydrogen-bond donors (Lipinski definition) is 2. The van der Waals surface area contributed by atoms with E-state index < -0.39 is 12.1 Å². The van der Waals surface area contributed by atoms with E-state index in [0.717, 1.165) is 30.4 Å². The average Bonchev–Trinajstić information content (AvgIpc) is 2.18. The third-order valence-corrected chi connectivity index (χ3v) is 2.68. The normalized spacial score (nSPS) is 20.2. The van der Waals surface area contributed by atoms with Crippen molar-refractivity contribution in [1.29, 1.82) is 0 Å². The van der Waals surface area contributed by atoms with Gasteiger partial charge in [-0.05, 0) is 42.5 Å². The number of carboxylic acid groups (broad SMARTS) is 1. The van der Waals surface area contributed by atoms with Crippen molar-refractivity contribution < 1.29 is 15.0 Å². The number of benzene rings is 1. The van der Waals surface area contributed by atoms with Crippen LogP contribution >= 0.6 is 0 Å². The van der Waals surface area contributed by atoms with Crippen LogP contribution in [0, 0.1) is 0 Å². The number of fused-ring (bicyclic) bond motifs is 1. The summed E-state index contributed by atoms with van der Waals surface area (Å²) in [5, 5.41) is 18.5. The molecule has 0 saturated heterocycles. The molecular formula is C11H12O3. The molecule has 2 rings (SSSR count). The molecule has 1 aliphatic carbocycles. The summed E-state index contributed by atoms with van der Waals surface area (Å²) in [6.07, 6.45) is 2.15. The van der Waals surface area contributed by atoms with Crippen LogP contribution in [0.25, 0.3) is 0 Å². The highest BCUT2D eigenvalue weighted by atomic mass is 16.4. The maximum atomic E-state index is 10.7. The summed E-state index contributed by atoms with van der Waals surface area (Å²) in [6.45, 7) is 0. The second-order valence-corrected chi connectivity index (χ2v) is 3.63. The Kier molecular flexibility index (Phi) is 2.25. The Balaban J connectivity index is 2.45. The number of hydrogen-bond acceptors (Lipinski definition) is 2. The Morgan fingerprint density at radius 1 is 1.43 bits per heavy atom. The van der Waals surface area contributed by atoms with Gasteiger partial charge in [-0.2, -0.15) is 0 Å². The molecular weight excluding hydrogens is 180 g/mol. The number of aliphatic hydroxyl groups excluding tert-OH is 1. The molecule has 3 nitrogen and oxygen atoms in total. The predicted molar refractivity (Wildman–Crippen MR) is 51.3 cm³/mol. The van der Waals surface area contributed by atoms with Crippen molar-refractivity contribution in [2.75, 3.05) is 0 Å². The van der Waals surface area contributed by atoms with E-state index in [1.807, 2.05) is 0 Å². The van der Waals surface area contributed by atoms with Gasteiger partial charge in [0.15, 0.2) is 0 Å². The number of carbonyl (C=O) groups is 1. The van der Waals surface area contributed by atoms with E-state index in [1.54, 1.807) is 18.2 Å². The number of aromatic carboxylic acids is 1. The van der Waals surface area contributed by atoms with Gasteiger partial charge < -0.3 is 10.2 Å². The molecule has 0 fully saturated rings. The van der Waals surface area contributed by atoms with E-state index in [4.69, 9.17) is 5.11 Å². The lowest BCUT2D eigenvalue weighted by atomic mass is 9.88. The fourth-order valence-electron chi connectivity index (χ4n) is 1.91. The summed E-state index contributed by atoms with van der Waals surface area (Å²) in [5.41, 5.74) is 2.12. The minimum atomic E-state index is -0.939. The number of aliphatic hydroxyl groups is 1. The lowest BCUT2D eigenvalue weighted by Gasteiger charge is -2.21. The minimum absolute atomic E-state index is 0.254. The first-order valence-corrected chi connectivity index (χ1v) is 4.72. The van der Waals surface area contributed by atoms with Gasteiger partial charge in [0.2, 0.25) is 0 Å². The van der Waals surface area contributed by atoms with Crippen molar-refractivity contribution in [2.45, 2.75) is 25.4 Å². The molecule has 3 heteroatoms. The molecule has 0 heterocycles. The Morgan fingerprint density at radius 3 is 2.93 bits per heavy atom. The molecule has 74 valence electrons. The molecule has 0 saturated carbocycles. The van der Waals surface area contributed by atoms with Gasteiger partial charge in [0.1, 0.15) is 0 Å². The molecule has 1 aromatic rings. The van der Waals surface area contributed by atoms with Crippen LogP contribution in [0.3, 0.4) is 0 Å². The molecule has 0 radical (unpaired) electrons. The first kappa shape index (κ1) is 9.21. The van der Waals surface area contributed by atoms with Crippen LogP contribution in [0.5, 0.6) is 0 Å². The highest BCUT2D eigenvalue weighted by molar-refractivity contribution is 5.88. The van der Waals surface area contributed by atoms with E-state index in [2.05, 4.69) is 0 Å². The number of carboxylic acids is 1. The zero-order valence-electron chi connectivity index (χ0n) is 7.73. The summed E-state index contributed by atoms with van der Waals surface area (Å²) in [4.78, 5) is 10.7. The van der Waals surface area contributed by atoms with Crippen molar-refractivity contribution in [3.63, 3.8) is 0 Å². The van der Waals surface area contributed by atoms with Crippen LogP contribution in [-0.4, -0.2) is 16.2 Å². The maximum absolute atomic E-state index is 10.7. The van der Waals surface area contributed by atoms with Crippen LogP contribution < -0.4 is 0 Å². The highest BCUT2D eigenvalue weighted by Gasteiger charge is 2.19. The Labute approximate surface area is 82.0 Å². The predicted octanol–water partition coefficient (Wildman–Crippen LogP) is 1.75. The quantitative estimate of drug-likeness (QED) is 0.712. The van der Waals surface area contributed by atoms with E-state index in [1.165, 1.54) is 0 Å². The topological polar surface area (TPSA) is 57.5 Å². The van der Waals surface area contributed by atoms with E-state index in [0.29, 0.717) is 0 Å². The third kappa shape index (κ3) is 1.51. The molecule has 0 aliphatic heterocycles.